The Balaban J connectivity index is 1.98. The minimum absolute atomic E-state index is 0.0617. The number of benzene rings is 2. The number of carbonyl (C=O) groups is 1. The highest BCUT2D eigenvalue weighted by Crippen LogP contribution is 2.32. The van der Waals surface area contributed by atoms with Gasteiger partial charge in [0.05, 0.1) is 4.90 Å². The number of ketones is 1. The molecule has 1 atom stereocenters. The Morgan fingerprint density at radius 3 is 2.31 bits per heavy atom. The van der Waals surface area contributed by atoms with Crippen molar-refractivity contribution in [1.82, 2.24) is 4.31 Å². The van der Waals surface area contributed by atoms with Gasteiger partial charge in [-0.25, -0.2) is 8.42 Å². The summed E-state index contributed by atoms with van der Waals surface area (Å²) < 4.78 is 28.1. The maximum atomic E-state index is 13.3. The number of hydrogen-bond acceptors (Lipinski definition) is 3. The molecule has 1 heterocycles. The first-order valence-corrected chi connectivity index (χ1v) is 11.6. The van der Waals surface area contributed by atoms with Gasteiger partial charge in [-0.2, -0.15) is 4.31 Å². The second-order valence-electron chi connectivity index (χ2n) is 7.81. The van der Waals surface area contributed by atoms with Crippen LogP contribution in [0, 0.1) is 12.8 Å². The highest BCUT2D eigenvalue weighted by atomic mass is 32.2. The van der Waals surface area contributed by atoms with Crippen molar-refractivity contribution >= 4 is 15.8 Å². The monoisotopic (exact) mass is 411 g/mol. The van der Waals surface area contributed by atoms with Crippen LogP contribution in [0.15, 0.2) is 70.6 Å². The van der Waals surface area contributed by atoms with E-state index in [9.17, 15) is 13.2 Å². The average Bonchev–Trinajstić information content (AvgIpc) is 2.73. The third kappa shape index (κ3) is 4.68. The Kier molecular flexibility index (Phi) is 6.70. The molecule has 0 radical (unpaired) electrons. The quantitative estimate of drug-likeness (QED) is 0.602. The van der Waals surface area contributed by atoms with Crippen LogP contribution in [0.1, 0.15) is 49.0 Å². The Morgan fingerprint density at radius 2 is 1.69 bits per heavy atom. The van der Waals surface area contributed by atoms with Crippen molar-refractivity contribution in [2.24, 2.45) is 5.92 Å². The minimum atomic E-state index is -3.66. The zero-order valence-electron chi connectivity index (χ0n) is 17.4. The van der Waals surface area contributed by atoms with Gasteiger partial charge in [-0.15, -0.1) is 0 Å². The van der Waals surface area contributed by atoms with E-state index >= 15 is 0 Å². The normalized spacial score (nSPS) is 18.1. The zero-order chi connectivity index (χ0) is 21.0. The zero-order valence-corrected chi connectivity index (χ0v) is 18.2. The molecule has 0 saturated heterocycles. The van der Waals surface area contributed by atoms with Crippen molar-refractivity contribution < 1.29 is 13.2 Å². The van der Waals surface area contributed by atoms with Crippen LogP contribution in [-0.2, 0) is 10.0 Å². The van der Waals surface area contributed by atoms with E-state index in [1.54, 1.807) is 24.3 Å². The molecular formula is C24H29NO3S. The lowest BCUT2D eigenvalue weighted by molar-refractivity contribution is 0.102. The van der Waals surface area contributed by atoms with E-state index in [-0.39, 0.29) is 23.1 Å². The van der Waals surface area contributed by atoms with Crippen LogP contribution < -0.4 is 0 Å². The molecule has 0 bridgehead atoms. The van der Waals surface area contributed by atoms with E-state index < -0.39 is 10.0 Å². The second kappa shape index (κ2) is 9.06. The molecule has 4 nitrogen and oxygen atoms in total. The molecule has 1 aliphatic heterocycles. The van der Waals surface area contributed by atoms with Crippen molar-refractivity contribution in [2.75, 3.05) is 13.1 Å². The summed E-state index contributed by atoms with van der Waals surface area (Å²) in [5.74, 6) is -0.0139. The van der Waals surface area contributed by atoms with Gasteiger partial charge in [0.1, 0.15) is 0 Å². The highest BCUT2D eigenvalue weighted by Gasteiger charge is 2.35. The molecular weight excluding hydrogens is 382 g/mol. The number of aryl methyl sites for hydroxylation is 1. The van der Waals surface area contributed by atoms with Gasteiger partial charge in [-0.1, -0.05) is 73.4 Å². The predicted octanol–water partition coefficient (Wildman–Crippen LogP) is 5.01. The number of nitrogens with zero attached hydrogens (tertiary/aromatic N) is 1. The van der Waals surface area contributed by atoms with Crippen LogP contribution in [0.25, 0.3) is 0 Å². The number of carbonyl (C=O) groups excluding carboxylic acids is 1. The Morgan fingerprint density at radius 1 is 1.03 bits per heavy atom. The maximum absolute atomic E-state index is 13.3. The van der Waals surface area contributed by atoms with E-state index in [0.717, 1.165) is 30.4 Å². The van der Waals surface area contributed by atoms with E-state index in [0.29, 0.717) is 17.7 Å². The van der Waals surface area contributed by atoms with E-state index in [1.165, 1.54) is 4.31 Å². The molecule has 0 amide bonds. The number of sulfonamides is 1. The molecule has 0 spiro atoms. The third-order valence-electron chi connectivity index (χ3n) is 5.72. The minimum Gasteiger partial charge on any atom is -0.289 e. The van der Waals surface area contributed by atoms with Gasteiger partial charge in [0.25, 0.3) is 0 Å². The molecule has 29 heavy (non-hydrogen) atoms. The fourth-order valence-corrected chi connectivity index (χ4v) is 5.26. The fraction of sp³-hybridized carbons (Fsp3) is 0.375. The van der Waals surface area contributed by atoms with Gasteiger partial charge in [-0.3, -0.25) is 4.79 Å². The first-order valence-electron chi connectivity index (χ1n) is 10.2. The lowest BCUT2D eigenvalue weighted by Gasteiger charge is -2.34. The lowest BCUT2D eigenvalue weighted by atomic mass is 9.85. The molecule has 1 aliphatic rings. The van der Waals surface area contributed by atoms with Crippen LogP contribution in [0.3, 0.4) is 0 Å². The van der Waals surface area contributed by atoms with Crippen LogP contribution in [0.5, 0.6) is 0 Å². The van der Waals surface area contributed by atoms with Crippen molar-refractivity contribution in [3.8, 4) is 0 Å². The van der Waals surface area contributed by atoms with E-state index in [2.05, 4.69) is 6.92 Å². The van der Waals surface area contributed by atoms with Crippen LogP contribution in [-0.4, -0.2) is 31.6 Å². The van der Waals surface area contributed by atoms with Crippen molar-refractivity contribution in [1.29, 1.82) is 0 Å². The van der Waals surface area contributed by atoms with Crippen LogP contribution in [0.2, 0.25) is 0 Å². The Bertz CT molecular complexity index is 992. The number of unbranched alkanes of at least 4 members (excludes halogenated alkanes) is 1. The van der Waals surface area contributed by atoms with Gasteiger partial charge in [-0.05, 0) is 38.3 Å². The average molecular weight is 412 g/mol. The molecule has 154 valence electrons. The Hall–Kier alpha value is -2.24. The molecule has 0 saturated carbocycles. The van der Waals surface area contributed by atoms with E-state index in [1.807, 2.05) is 44.2 Å². The lowest BCUT2D eigenvalue weighted by Crippen LogP contribution is -2.42. The van der Waals surface area contributed by atoms with E-state index in [4.69, 9.17) is 0 Å². The molecule has 0 aliphatic carbocycles. The SMILES string of the molecule is CCCCC1CN(S(=O)(=O)c2ccc(C)cc2)CC(C(=O)c2ccccc2)=C1C. The summed E-state index contributed by atoms with van der Waals surface area (Å²) in [4.78, 5) is 13.5. The molecule has 0 aromatic heterocycles. The van der Waals surface area contributed by atoms with Crippen molar-refractivity contribution in [2.45, 2.75) is 44.9 Å². The summed E-state index contributed by atoms with van der Waals surface area (Å²) in [6, 6.07) is 16.0. The highest BCUT2D eigenvalue weighted by molar-refractivity contribution is 7.89. The number of rotatable bonds is 7. The van der Waals surface area contributed by atoms with Gasteiger partial charge in [0.15, 0.2) is 5.78 Å². The Labute approximate surface area is 174 Å². The molecule has 2 aromatic carbocycles. The number of hydrogen-bond donors (Lipinski definition) is 0. The van der Waals surface area contributed by atoms with Gasteiger partial charge >= 0.3 is 0 Å². The molecule has 5 heteroatoms. The van der Waals surface area contributed by atoms with Crippen LogP contribution >= 0.6 is 0 Å². The molecule has 2 aromatic rings. The molecule has 3 rings (SSSR count). The summed E-state index contributed by atoms with van der Waals surface area (Å²) >= 11 is 0. The summed E-state index contributed by atoms with van der Waals surface area (Å²) in [5, 5.41) is 0. The third-order valence-corrected chi connectivity index (χ3v) is 7.55. The van der Waals surface area contributed by atoms with Gasteiger partial charge in [0.2, 0.25) is 10.0 Å². The van der Waals surface area contributed by atoms with Crippen molar-refractivity contribution in [3.63, 3.8) is 0 Å². The number of Topliss-reactive ketones (excluding diaryl/α,β-unsaturated/α-hetero) is 1. The van der Waals surface area contributed by atoms with Gasteiger partial charge < -0.3 is 0 Å². The summed E-state index contributed by atoms with van der Waals surface area (Å²) in [6.07, 6.45) is 2.93. The first-order chi connectivity index (χ1) is 13.8. The summed E-state index contributed by atoms with van der Waals surface area (Å²) in [7, 11) is -3.66. The second-order valence-corrected chi connectivity index (χ2v) is 9.74. The maximum Gasteiger partial charge on any atom is 0.243 e. The largest absolute Gasteiger partial charge is 0.289 e. The molecule has 0 N–H and O–H groups in total. The predicted molar refractivity (Wildman–Crippen MR) is 116 cm³/mol. The fourth-order valence-electron chi connectivity index (χ4n) is 3.81. The first kappa shape index (κ1) is 21.5. The molecule has 0 fully saturated rings. The smallest absolute Gasteiger partial charge is 0.243 e. The molecule has 1 unspecified atom stereocenters. The standard InChI is InChI=1S/C24H29NO3S/c1-4-5-9-21-16-25(29(27,28)22-14-12-18(2)13-15-22)17-23(19(21)3)24(26)20-10-7-6-8-11-20/h6-8,10-15,21H,4-5,9,16-17H2,1-3H3. The van der Waals surface area contributed by atoms with Gasteiger partial charge in [0, 0.05) is 24.2 Å². The summed E-state index contributed by atoms with van der Waals surface area (Å²) in [6.45, 7) is 6.60. The van der Waals surface area contributed by atoms with Crippen LogP contribution in [0.4, 0.5) is 0 Å². The summed E-state index contributed by atoms with van der Waals surface area (Å²) in [5.41, 5.74) is 3.26. The van der Waals surface area contributed by atoms with Crippen molar-refractivity contribution in [3.05, 3.63) is 76.9 Å². The topological polar surface area (TPSA) is 54.5 Å².